The van der Waals surface area contributed by atoms with Gasteiger partial charge in [0.2, 0.25) is 0 Å². The number of hydrogen-bond acceptors (Lipinski definition) is 5. The van der Waals surface area contributed by atoms with Gasteiger partial charge in [-0.2, -0.15) is 5.10 Å². The molecule has 0 saturated carbocycles. The van der Waals surface area contributed by atoms with Gasteiger partial charge in [0.1, 0.15) is 5.75 Å². The van der Waals surface area contributed by atoms with Crippen molar-refractivity contribution in [3.8, 4) is 17.2 Å². The summed E-state index contributed by atoms with van der Waals surface area (Å²) in [7, 11) is 1.48. The van der Waals surface area contributed by atoms with Gasteiger partial charge in [0.05, 0.1) is 16.8 Å². The van der Waals surface area contributed by atoms with Crippen molar-refractivity contribution in [2.24, 2.45) is 0 Å². The average molecular weight is 451 g/mol. The van der Waals surface area contributed by atoms with Crippen molar-refractivity contribution >= 4 is 22.5 Å². The van der Waals surface area contributed by atoms with E-state index >= 15 is 0 Å². The molecule has 0 bridgehead atoms. The fourth-order valence-corrected chi connectivity index (χ4v) is 3.87. The highest BCUT2D eigenvalue weighted by Gasteiger charge is 2.43. The van der Waals surface area contributed by atoms with Gasteiger partial charge in [-0.3, -0.25) is 9.89 Å². The summed E-state index contributed by atoms with van der Waals surface area (Å²) in [6, 6.07) is 15.1. The van der Waals surface area contributed by atoms with Crippen LogP contribution in [0.2, 0.25) is 0 Å². The number of H-pyrrole nitrogens is 1. The Balaban J connectivity index is 1.47. The van der Waals surface area contributed by atoms with E-state index in [4.69, 9.17) is 0 Å². The summed E-state index contributed by atoms with van der Waals surface area (Å²) in [6.45, 7) is 2.01. The Morgan fingerprint density at radius 1 is 1.12 bits per heavy atom. The van der Waals surface area contributed by atoms with Crippen LogP contribution in [0.5, 0.6) is 17.2 Å². The number of aryl methyl sites for hydroxylation is 1. The van der Waals surface area contributed by atoms with Gasteiger partial charge in [-0.15, -0.1) is 8.78 Å². The number of phenolic OH excluding ortho intramolecular Hbond substituents is 1. The second-order valence-corrected chi connectivity index (χ2v) is 7.91. The number of aromatic nitrogens is 2. The SMILES string of the molecule is Cc1cccc(Cc2n[nH]c3cc(O)c(C(=O)N(C)c4ccc5c(c4)OC(F)(F)O5)cc23)c1. The normalized spacial score (nSPS) is 13.9. The number of halogens is 2. The third-order valence-electron chi connectivity index (χ3n) is 5.52. The summed E-state index contributed by atoms with van der Waals surface area (Å²) in [5.41, 5.74) is 3.88. The number of hydrogen-bond donors (Lipinski definition) is 2. The minimum absolute atomic E-state index is 0.0555. The number of amides is 1. The Bertz CT molecular complexity index is 1400. The zero-order chi connectivity index (χ0) is 23.3. The van der Waals surface area contributed by atoms with Crippen LogP contribution >= 0.6 is 0 Å². The molecule has 1 aromatic heterocycles. The highest BCUT2D eigenvalue weighted by Crippen LogP contribution is 2.43. The minimum Gasteiger partial charge on any atom is -0.507 e. The van der Waals surface area contributed by atoms with Crippen molar-refractivity contribution in [2.45, 2.75) is 19.6 Å². The van der Waals surface area contributed by atoms with E-state index in [0.717, 1.165) is 16.8 Å². The first kappa shape index (κ1) is 20.7. The van der Waals surface area contributed by atoms with Gasteiger partial charge in [-0.25, -0.2) is 0 Å². The van der Waals surface area contributed by atoms with Crippen molar-refractivity contribution in [3.05, 3.63) is 77.0 Å². The quantitative estimate of drug-likeness (QED) is 0.467. The molecule has 1 aliphatic heterocycles. The topological polar surface area (TPSA) is 87.7 Å². The van der Waals surface area contributed by atoms with E-state index in [0.29, 0.717) is 23.0 Å². The highest BCUT2D eigenvalue weighted by atomic mass is 19.3. The maximum absolute atomic E-state index is 13.3. The van der Waals surface area contributed by atoms with Gasteiger partial charge >= 0.3 is 6.29 Å². The van der Waals surface area contributed by atoms with Crippen LogP contribution in [0.3, 0.4) is 0 Å². The van der Waals surface area contributed by atoms with Gasteiger partial charge in [0.15, 0.2) is 11.5 Å². The van der Waals surface area contributed by atoms with Crippen LogP contribution in [0.25, 0.3) is 10.9 Å². The molecule has 0 aliphatic carbocycles. The fourth-order valence-electron chi connectivity index (χ4n) is 3.87. The number of nitrogens with one attached hydrogen (secondary N) is 1. The van der Waals surface area contributed by atoms with Crippen molar-refractivity contribution < 1.29 is 28.2 Å². The molecule has 2 N–H and O–H groups in total. The number of phenols is 1. The molecule has 0 spiro atoms. The molecule has 168 valence electrons. The van der Waals surface area contributed by atoms with E-state index in [2.05, 4.69) is 25.7 Å². The molecule has 4 aromatic rings. The third-order valence-corrected chi connectivity index (χ3v) is 5.52. The first-order valence-corrected chi connectivity index (χ1v) is 10.1. The second-order valence-electron chi connectivity index (χ2n) is 7.91. The molecule has 0 unspecified atom stereocenters. The van der Waals surface area contributed by atoms with Crippen LogP contribution in [-0.4, -0.2) is 34.6 Å². The highest BCUT2D eigenvalue weighted by molar-refractivity contribution is 6.09. The molecule has 7 nitrogen and oxygen atoms in total. The lowest BCUT2D eigenvalue weighted by molar-refractivity contribution is -0.286. The molecule has 5 rings (SSSR count). The maximum atomic E-state index is 13.3. The smallest absolute Gasteiger partial charge is 0.507 e. The number of carbonyl (C=O) groups is 1. The second kappa shape index (κ2) is 7.47. The molecule has 0 radical (unpaired) electrons. The van der Waals surface area contributed by atoms with E-state index in [1.807, 2.05) is 25.1 Å². The minimum atomic E-state index is -3.75. The number of anilines is 1. The predicted molar refractivity (Wildman–Crippen MR) is 117 cm³/mol. The molecular formula is C24H19F2N3O4. The molecule has 1 amide bonds. The number of aromatic hydroxyl groups is 1. The Morgan fingerprint density at radius 2 is 1.91 bits per heavy atom. The average Bonchev–Trinajstić information content (AvgIpc) is 3.29. The predicted octanol–water partition coefficient (Wildman–Crippen LogP) is 4.77. The molecule has 33 heavy (non-hydrogen) atoms. The van der Waals surface area contributed by atoms with E-state index in [1.54, 1.807) is 6.07 Å². The van der Waals surface area contributed by atoms with Crippen molar-refractivity contribution in [1.82, 2.24) is 10.2 Å². The molecule has 0 atom stereocenters. The van der Waals surface area contributed by atoms with Crippen LogP contribution in [-0.2, 0) is 6.42 Å². The standard InChI is InChI=1S/C24H19F2N3O4/c1-13-4-3-5-14(8-13)9-18-16-11-17(20(30)12-19(16)28-27-18)23(31)29(2)15-6-7-21-22(10-15)33-24(25,26)32-21/h3-8,10-12,30H,9H2,1-2H3,(H,27,28). The number of rotatable bonds is 4. The number of nitrogens with zero attached hydrogens (tertiary/aromatic N) is 2. The van der Waals surface area contributed by atoms with Crippen molar-refractivity contribution in [1.29, 1.82) is 0 Å². The van der Waals surface area contributed by atoms with Crippen LogP contribution in [0.4, 0.5) is 14.5 Å². The summed E-state index contributed by atoms with van der Waals surface area (Å²) in [5, 5.41) is 18.4. The molecule has 0 fully saturated rings. The lowest BCUT2D eigenvalue weighted by atomic mass is 10.0. The molecular weight excluding hydrogens is 432 g/mol. The van der Waals surface area contributed by atoms with Crippen LogP contribution in [0, 0.1) is 6.92 Å². The summed E-state index contributed by atoms with van der Waals surface area (Å²) in [6.07, 6.45) is -3.20. The van der Waals surface area contributed by atoms with E-state index < -0.39 is 12.2 Å². The summed E-state index contributed by atoms with van der Waals surface area (Å²) >= 11 is 0. The Morgan fingerprint density at radius 3 is 2.70 bits per heavy atom. The monoisotopic (exact) mass is 451 g/mol. The Labute approximate surface area is 187 Å². The van der Waals surface area contributed by atoms with Crippen LogP contribution < -0.4 is 14.4 Å². The zero-order valence-electron chi connectivity index (χ0n) is 17.7. The van der Waals surface area contributed by atoms with Gasteiger partial charge in [-0.1, -0.05) is 29.8 Å². The third kappa shape index (κ3) is 3.82. The Kier molecular flexibility index (Phi) is 4.70. The van der Waals surface area contributed by atoms with Crippen LogP contribution in [0.15, 0.2) is 54.6 Å². The first-order chi connectivity index (χ1) is 15.7. The largest absolute Gasteiger partial charge is 0.586 e. The molecule has 1 aliphatic rings. The number of ether oxygens (including phenoxy) is 2. The number of benzene rings is 3. The van der Waals surface area contributed by atoms with E-state index in [1.165, 1.54) is 36.2 Å². The van der Waals surface area contributed by atoms with Crippen molar-refractivity contribution in [2.75, 3.05) is 11.9 Å². The molecule has 2 heterocycles. The molecule has 3 aromatic carbocycles. The molecule has 9 heteroatoms. The summed E-state index contributed by atoms with van der Waals surface area (Å²) in [4.78, 5) is 14.4. The number of alkyl halides is 2. The fraction of sp³-hybridized carbons (Fsp3) is 0.167. The lowest BCUT2D eigenvalue weighted by Crippen LogP contribution is -2.26. The number of aromatic amines is 1. The first-order valence-electron chi connectivity index (χ1n) is 10.1. The van der Waals surface area contributed by atoms with Crippen LogP contribution in [0.1, 0.15) is 27.2 Å². The van der Waals surface area contributed by atoms with Gasteiger partial charge < -0.3 is 19.5 Å². The zero-order valence-corrected chi connectivity index (χ0v) is 17.7. The molecule has 0 saturated heterocycles. The van der Waals surface area contributed by atoms with E-state index in [-0.39, 0.29) is 22.8 Å². The Hall–Kier alpha value is -4.14. The summed E-state index contributed by atoms with van der Waals surface area (Å²) in [5.74, 6) is -1.04. The number of carbonyl (C=O) groups excluding carboxylic acids is 1. The van der Waals surface area contributed by atoms with Gasteiger partial charge in [0, 0.05) is 36.7 Å². The van der Waals surface area contributed by atoms with E-state index in [9.17, 15) is 18.7 Å². The summed E-state index contributed by atoms with van der Waals surface area (Å²) < 4.78 is 35.5. The van der Waals surface area contributed by atoms with Gasteiger partial charge in [-0.05, 0) is 30.7 Å². The van der Waals surface area contributed by atoms with Crippen molar-refractivity contribution in [3.63, 3.8) is 0 Å². The maximum Gasteiger partial charge on any atom is 0.586 e. The van der Waals surface area contributed by atoms with Gasteiger partial charge in [0.25, 0.3) is 5.91 Å². The lowest BCUT2D eigenvalue weighted by Gasteiger charge is -2.18. The number of fused-ring (bicyclic) bond motifs is 2.